The molecule has 2 aromatic carbocycles. The van der Waals surface area contributed by atoms with Crippen LogP contribution in [0.3, 0.4) is 0 Å². The van der Waals surface area contributed by atoms with E-state index in [1.165, 1.54) is 10.4 Å². The second-order valence-corrected chi connectivity index (χ2v) is 11.8. The van der Waals surface area contributed by atoms with Gasteiger partial charge in [0, 0.05) is 31.7 Å². The zero-order chi connectivity index (χ0) is 24.0. The summed E-state index contributed by atoms with van der Waals surface area (Å²) in [5.74, 6) is -0.141. The van der Waals surface area contributed by atoms with Crippen molar-refractivity contribution in [3.8, 4) is 0 Å². The van der Waals surface area contributed by atoms with Gasteiger partial charge in [0.15, 0.2) is 0 Å². The van der Waals surface area contributed by atoms with Gasteiger partial charge in [0.1, 0.15) is 11.9 Å². The van der Waals surface area contributed by atoms with Gasteiger partial charge in [0.05, 0.1) is 9.79 Å². The van der Waals surface area contributed by atoms with Crippen LogP contribution < -0.4 is 4.72 Å². The molecule has 0 aromatic heterocycles. The van der Waals surface area contributed by atoms with Crippen LogP contribution in [0.1, 0.15) is 23.6 Å². The highest BCUT2D eigenvalue weighted by molar-refractivity contribution is 7.90. The minimum absolute atomic E-state index is 0.133. The number of carbonyl (C=O) groups excluding carboxylic acids is 1. The number of hydrogen-bond acceptors (Lipinski definition) is 6. The molecule has 1 amide bonds. The summed E-state index contributed by atoms with van der Waals surface area (Å²) in [4.78, 5) is 19.3. The molecule has 176 valence electrons. The molecule has 2 aliphatic heterocycles. The van der Waals surface area contributed by atoms with E-state index < -0.39 is 26.1 Å². The number of fused-ring (bicyclic) bond motifs is 1. The first-order valence-electron chi connectivity index (χ1n) is 10.6. The van der Waals surface area contributed by atoms with Crippen molar-refractivity contribution in [2.24, 2.45) is 4.99 Å². The number of amidine groups is 1. The maximum absolute atomic E-state index is 13.1. The van der Waals surface area contributed by atoms with Gasteiger partial charge in [-0.15, -0.1) is 0 Å². The summed E-state index contributed by atoms with van der Waals surface area (Å²) in [6.45, 7) is 6.05. The molecule has 2 aliphatic rings. The molecular weight excluding hydrogens is 464 g/mol. The fraction of sp³-hybridized carbons (Fsp3) is 0.364. The van der Waals surface area contributed by atoms with Crippen LogP contribution in [0.2, 0.25) is 0 Å². The Hall–Kier alpha value is -2.76. The zero-order valence-corrected chi connectivity index (χ0v) is 20.3. The van der Waals surface area contributed by atoms with Gasteiger partial charge in [0.25, 0.3) is 10.0 Å². The van der Waals surface area contributed by atoms with Crippen molar-refractivity contribution in [2.45, 2.75) is 36.6 Å². The van der Waals surface area contributed by atoms with Gasteiger partial charge in [0.2, 0.25) is 15.9 Å². The molecule has 1 N–H and O–H groups in total. The summed E-state index contributed by atoms with van der Waals surface area (Å²) in [5, 5.41) is 0. The maximum Gasteiger partial charge on any atom is 0.263 e. The molecule has 0 spiro atoms. The molecule has 0 bridgehead atoms. The number of amides is 1. The predicted octanol–water partition coefficient (Wildman–Crippen LogP) is 1.26. The van der Waals surface area contributed by atoms with Crippen LogP contribution in [-0.2, 0) is 24.8 Å². The van der Waals surface area contributed by atoms with E-state index in [1.54, 1.807) is 49.1 Å². The first kappa shape index (κ1) is 23.4. The molecule has 4 rings (SSSR count). The Morgan fingerprint density at radius 2 is 1.73 bits per heavy atom. The molecule has 9 nitrogen and oxygen atoms in total. The maximum atomic E-state index is 13.1. The van der Waals surface area contributed by atoms with Crippen molar-refractivity contribution in [1.29, 1.82) is 0 Å². The Balaban J connectivity index is 1.46. The summed E-state index contributed by atoms with van der Waals surface area (Å²) < 4.78 is 54.5. The Labute approximate surface area is 194 Å². The van der Waals surface area contributed by atoms with E-state index in [0.717, 1.165) is 5.56 Å². The normalized spacial score (nSPS) is 20.3. The number of rotatable bonds is 4. The smallest absolute Gasteiger partial charge is 0.263 e. The quantitative estimate of drug-likeness (QED) is 0.693. The van der Waals surface area contributed by atoms with Gasteiger partial charge < -0.3 is 4.90 Å². The number of nitrogens with zero attached hydrogens (tertiary/aromatic N) is 3. The minimum atomic E-state index is -3.69. The van der Waals surface area contributed by atoms with Crippen LogP contribution in [0.25, 0.3) is 0 Å². The molecule has 0 aliphatic carbocycles. The lowest BCUT2D eigenvalue weighted by Crippen LogP contribution is -2.52. The van der Waals surface area contributed by atoms with Crippen LogP contribution in [0.4, 0.5) is 0 Å². The lowest BCUT2D eigenvalue weighted by Gasteiger charge is -2.35. The van der Waals surface area contributed by atoms with Crippen LogP contribution in [0.15, 0.2) is 57.2 Å². The third kappa shape index (κ3) is 4.40. The largest absolute Gasteiger partial charge is 0.338 e. The molecule has 1 fully saturated rings. The van der Waals surface area contributed by atoms with E-state index >= 15 is 0 Å². The number of benzene rings is 2. The van der Waals surface area contributed by atoms with Crippen LogP contribution in [-0.4, -0.2) is 70.0 Å². The summed E-state index contributed by atoms with van der Waals surface area (Å²) in [6.07, 6.45) is 0. The molecule has 11 heteroatoms. The molecule has 0 saturated carbocycles. The molecule has 33 heavy (non-hydrogen) atoms. The lowest BCUT2D eigenvalue weighted by molar-refractivity contribution is -0.133. The Bertz CT molecular complexity index is 1340. The number of aliphatic imine (C=N–C) groups is 1. The number of carbonyl (C=O) groups is 1. The highest BCUT2D eigenvalue weighted by Crippen LogP contribution is 2.24. The van der Waals surface area contributed by atoms with Crippen molar-refractivity contribution in [3.63, 3.8) is 0 Å². The molecule has 2 heterocycles. The Morgan fingerprint density at radius 3 is 2.42 bits per heavy atom. The first-order valence-corrected chi connectivity index (χ1v) is 13.5. The van der Waals surface area contributed by atoms with E-state index in [4.69, 9.17) is 0 Å². The Morgan fingerprint density at radius 1 is 1.06 bits per heavy atom. The molecule has 0 radical (unpaired) electrons. The van der Waals surface area contributed by atoms with Gasteiger partial charge in [-0.25, -0.2) is 16.8 Å². The van der Waals surface area contributed by atoms with Gasteiger partial charge in [-0.1, -0.05) is 24.3 Å². The van der Waals surface area contributed by atoms with E-state index in [1.807, 2.05) is 13.0 Å². The summed E-state index contributed by atoms with van der Waals surface area (Å²) in [7, 11) is -7.35. The number of sulfonamides is 2. The SMILES string of the molecule is Cc1ccc(C)c(S(=O)(=O)N2CCN(C(=O)[C@H](C)N=C3NS(=O)(=O)c4ccccc43)CC2)c1. The van der Waals surface area contributed by atoms with Crippen molar-refractivity contribution in [3.05, 3.63) is 59.2 Å². The number of piperazine rings is 1. The third-order valence-corrected chi connectivity index (χ3v) is 9.29. The van der Waals surface area contributed by atoms with E-state index in [-0.39, 0.29) is 47.7 Å². The summed E-state index contributed by atoms with van der Waals surface area (Å²) in [5.41, 5.74) is 1.98. The highest BCUT2D eigenvalue weighted by atomic mass is 32.2. The first-order chi connectivity index (χ1) is 15.5. The van der Waals surface area contributed by atoms with E-state index in [9.17, 15) is 21.6 Å². The minimum Gasteiger partial charge on any atom is -0.338 e. The van der Waals surface area contributed by atoms with Gasteiger partial charge in [-0.2, -0.15) is 4.31 Å². The zero-order valence-electron chi connectivity index (χ0n) is 18.6. The molecule has 0 unspecified atom stereocenters. The third-order valence-electron chi connectivity index (χ3n) is 5.85. The predicted molar refractivity (Wildman–Crippen MR) is 124 cm³/mol. The van der Waals surface area contributed by atoms with Crippen molar-refractivity contribution < 1.29 is 21.6 Å². The van der Waals surface area contributed by atoms with E-state index in [0.29, 0.717) is 11.1 Å². The van der Waals surface area contributed by atoms with Gasteiger partial charge >= 0.3 is 0 Å². The van der Waals surface area contributed by atoms with Crippen molar-refractivity contribution in [1.82, 2.24) is 13.9 Å². The standard InChI is InChI=1S/C22H26N4O5S2/c1-15-8-9-16(2)20(14-15)33(30,31)26-12-10-25(11-13-26)22(27)17(3)23-21-18-6-4-5-7-19(18)32(28,29)24-21/h4-9,14,17H,10-13H2,1-3H3,(H,23,24)/t17-/m0/s1. The summed E-state index contributed by atoms with van der Waals surface area (Å²) in [6, 6.07) is 11.0. The van der Waals surface area contributed by atoms with Crippen molar-refractivity contribution in [2.75, 3.05) is 26.2 Å². The topological polar surface area (TPSA) is 116 Å². The second kappa shape index (κ2) is 8.54. The van der Waals surface area contributed by atoms with Crippen LogP contribution in [0, 0.1) is 13.8 Å². The number of hydrogen-bond donors (Lipinski definition) is 1. The van der Waals surface area contributed by atoms with Crippen LogP contribution >= 0.6 is 0 Å². The average molecular weight is 491 g/mol. The fourth-order valence-corrected chi connectivity index (χ4v) is 6.99. The average Bonchev–Trinajstić information content (AvgIpc) is 3.04. The number of nitrogens with one attached hydrogen (secondary N) is 1. The molecular formula is C22H26N4O5S2. The van der Waals surface area contributed by atoms with Gasteiger partial charge in [-0.05, 0) is 50.1 Å². The highest BCUT2D eigenvalue weighted by Gasteiger charge is 2.34. The molecule has 2 aromatic rings. The number of aryl methyl sites for hydroxylation is 2. The lowest BCUT2D eigenvalue weighted by atomic mass is 10.2. The molecule has 1 saturated heterocycles. The summed E-state index contributed by atoms with van der Waals surface area (Å²) >= 11 is 0. The van der Waals surface area contributed by atoms with Crippen LogP contribution in [0.5, 0.6) is 0 Å². The second-order valence-electron chi connectivity index (χ2n) is 8.25. The van der Waals surface area contributed by atoms with Gasteiger partial charge in [-0.3, -0.25) is 14.5 Å². The monoisotopic (exact) mass is 490 g/mol. The fourth-order valence-electron chi connectivity index (χ4n) is 4.02. The molecule has 1 atom stereocenters. The Kier molecular flexibility index (Phi) is 6.06. The van der Waals surface area contributed by atoms with E-state index in [2.05, 4.69) is 9.71 Å². The van der Waals surface area contributed by atoms with Crippen molar-refractivity contribution >= 4 is 31.8 Å².